The van der Waals surface area contributed by atoms with Crippen molar-refractivity contribution in [2.24, 2.45) is 0 Å². The minimum absolute atomic E-state index is 0.154. The summed E-state index contributed by atoms with van der Waals surface area (Å²) in [5.74, 6) is 3.09. The van der Waals surface area contributed by atoms with Crippen LogP contribution in [0.1, 0.15) is 26.3 Å². The van der Waals surface area contributed by atoms with Crippen molar-refractivity contribution in [2.45, 2.75) is 26.2 Å². The van der Waals surface area contributed by atoms with Gasteiger partial charge in [0.25, 0.3) is 0 Å². The van der Waals surface area contributed by atoms with Crippen LogP contribution in [0, 0.1) is 0 Å². The lowest BCUT2D eigenvalue weighted by atomic mass is 9.86. The number of ether oxygens (including phenoxy) is 2. The summed E-state index contributed by atoms with van der Waals surface area (Å²) in [7, 11) is 0. The quantitative estimate of drug-likeness (QED) is 0.363. The predicted molar refractivity (Wildman–Crippen MR) is 125 cm³/mol. The van der Waals surface area contributed by atoms with Gasteiger partial charge in [0.15, 0.2) is 0 Å². The zero-order valence-electron chi connectivity index (χ0n) is 18.0. The monoisotopic (exact) mass is 410 g/mol. The molecule has 4 aromatic rings. The molecule has 31 heavy (non-hydrogen) atoms. The SMILES string of the molecule is CC(C)(C)c1ccc(-c2ccc(Oc3ccc(Oc4ccc(O)cc4)cc3)cc2)cc1. The molecule has 1 N–H and O–H groups in total. The Morgan fingerprint density at radius 1 is 0.484 bits per heavy atom. The largest absolute Gasteiger partial charge is 0.508 e. The maximum atomic E-state index is 9.35. The van der Waals surface area contributed by atoms with Crippen LogP contribution < -0.4 is 9.47 Å². The Kier molecular flexibility index (Phi) is 5.68. The van der Waals surface area contributed by atoms with Crippen molar-refractivity contribution in [2.75, 3.05) is 0 Å². The zero-order chi connectivity index (χ0) is 21.8. The van der Waals surface area contributed by atoms with E-state index in [-0.39, 0.29) is 11.2 Å². The molecule has 0 amide bonds. The molecule has 0 heterocycles. The van der Waals surface area contributed by atoms with Crippen molar-refractivity contribution >= 4 is 0 Å². The molecule has 3 heteroatoms. The number of phenols is 1. The van der Waals surface area contributed by atoms with Crippen LogP contribution in [0.3, 0.4) is 0 Å². The summed E-state index contributed by atoms with van der Waals surface area (Å²) in [6, 6.07) is 30.9. The van der Waals surface area contributed by atoms with Crippen LogP contribution in [0.25, 0.3) is 11.1 Å². The maximum absolute atomic E-state index is 9.35. The average Bonchev–Trinajstić information content (AvgIpc) is 2.77. The van der Waals surface area contributed by atoms with E-state index in [1.165, 1.54) is 11.1 Å². The van der Waals surface area contributed by atoms with Gasteiger partial charge in [-0.2, -0.15) is 0 Å². The van der Waals surface area contributed by atoms with Crippen molar-refractivity contribution in [3.05, 3.63) is 103 Å². The van der Waals surface area contributed by atoms with Crippen molar-refractivity contribution < 1.29 is 14.6 Å². The third kappa shape index (κ3) is 5.26. The van der Waals surface area contributed by atoms with Crippen LogP contribution >= 0.6 is 0 Å². The second-order valence-corrected chi connectivity index (χ2v) is 8.52. The highest BCUT2D eigenvalue weighted by molar-refractivity contribution is 5.64. The number of hydrogen-bond donors (Lipinski definition) is 1. The molecule has 0 radical (unpaired) electrons. The van der Waals surface area contributed by atoms with Gasteiger partial charge in [0, 0.05) is 0 Å². The summed E-state index contributed by atoms with van der Waals surface area (Å²) >= 11 is 0. The van der Waals surface area contributed by atoms with Gasteiger partial charge in [0.05, 0.1) is 0 Å². The molecule has 4 aromatic carbocycles. The van der Waals surface area contributed by atoms with E-state index in [9.17, 15) is 5.11 Å². The lowest BCUT2D eigenvalue weighted by molar-refractivity contribution is 0.461. The molecule has 0 atom stereocenters. The Hall–Kier alpha value is -3.72. The van der Waals surface area contributed by atoms with Gasteiger partial charge in [-0.3, -0.25) is 0 Å². The van der Waals surface area contributed by atoms with Crippen LogP contribution in [0.15, 0.2) is 97.1 Å². The standard InChI is InChI=1S/C28H26O3/c1-28(2,3)22-8-4-20(5-9-22)21-6-12-24(13-7-21)30-26-16-18-27(19-17-26)31-25-14-10-23(29)11-15-25/h4-19,29H,1-3H3. The molecule has 156 valence electrons. The van der Waals surface area contributed by atoms with E-state index in [2.05, 4.69) is 57.2 Å². The molecular formula is C28H26O3. The lowest BCUT2D eigenvalue weighted by Crippen LogP contribution is -2.10. The summed E-state index contributed by atoms with van der Waals surface area (Å²) in [6.45, 7) is 6.67. The van der Waals surface area contributed by atoms with Crippen molar-refractivity contribution in [3.63, 3.8) is 0 Å². The highest BCUT2D eigenvalue weighted by Gasteiger charge is 2.13. The predicted octanol–water partition coefficient (Wildman–Crippen LogP) is 7.94. The third-order valence-corrected chi connectivity index (χ3v) is 5.07. The number of benzene rings is 4. The molecule has 0 aliphatic rings. The van der Waals surface area contributed by atoms with Crippen LogP contribution in [-0.4, -0.2) is 5.11 Å². The molecule has 0 aromatic heterocycles. The maximum Gasteiger partial charge on any atom is 0.127 e. The number of rotatable bonds is 5. The average molecular weight is 411 g/mol. The van der Waals surface area contributed by atoms with E-state index in [0.29, 0.717) is 11.5 Å². The van der Waals surface area contributed by atoms with Gasteiger partial charge in [0.1, 0.15) is 28.7 Å². The van der Waals surface area contributed by atoms with E-state index < -0.39 is 0 Å². The Bertz CT molecular complexity index is 1120. The molecule has 0 aliphatic carbocycles. The summed E-state index contributed by atoms with van der Waals surface area (Å²) < 4.78 is 11.7. The Morgan fingerprint density at radius 3 is 1.19 bits per heavy atom. The normalized spacial score (nSPS) is 11.2. The van der Waals surface area contributed by atoms with E-state index >= 15 is 0 Å². The first-order chi connectivity index (χ1) is 14.9. The minimum atomic E-state index is 0.154. The molecule has 0 saturated carbocycles. The fraction of sp³-hybridized carbons (Fsp3) is 0.143. The van der Waals surface area contributed by atoms with Gasteiger partial charge in [-0.15, -0.1) is 0 Å². The van der Waals surface area contributed by atoms with Crippen molar-refractivity contribution in [1.82, 2.24) is 0 Å². The fourth-order valence-electron chi connectivity index (χ4n) is 3.24. The van der Waals surface area contributed by atoms with Gasteiger partial charge < -0.3 is 14.6 Å². The zero-order valence-corrected chi connectivity index (χ0v) is 18.0. The molecule has 0 saturated heterocycles. The topological polar surface area (TPSA) is 38.7 Å². The summed E-state index contributed by atoms with van der Waals surface area (Å²) in [6.07, 6.45) is 0. The number of hydrogen-bond acceptors (Lipinski definition) is 3. The smallest absolute Gasteiger partial charge is 0.127 e. The minimum Gasteiger partial charge on any atom is -0.508 e. The highest BCUT2D eigenvalue weighted by Crippen LogP contribution is 2.30. The number of aromatic hydroxyl groups is 1. The first kappa shape index (κ1) is 20.5. The second kappa shape index (κ2) is 8.57. The van der Waals surface area contributed by atoms with Gasteiger partial charge in [-0.1, -0.05) is 57.2 Å². The molecule has 0 fully saturated rings. The van der Waals surface area contributed by atoms with Crippen LogP contribution in [0.2, 0.25) is 0 Å². The molecule has 4 rings (SSSR count). The van der Waals surface area contributed by atoms with Crippen LogP contribution in [-0.2, 0) is 5.41 Å². The third-order valence-electron chi connectivity index (χ3n) is 5.07. The first-order valence-corrected chi connectivity index (χ1v) is 10.3. The molecule has 0 bridgehead atoms. The molecule has 0 spiro atoms. The first-order valence-electron chi connectivity index (χ1n) is 10.3. The van der Waals surface area contributed by atoms with Crippen LogP contribution in [0.4, 0.5) is 0 Å². The fourth-order valence-corrected chi connectivity index (χ4v) is 3.24. The van der Waals surface area contributed by atoms with Crippen molar-refractivity contribution in [1.29, 1.82) is 0 Å². The molecule has 0 unspecified atom stereocenters. The van der Waals surface area contributed by atoms with E-state index in [4.69, 9.17) is 9.47 Å². The molecular weight excluding hydrogens is 384 g/mol. The van der Waals surface area contributed by atoms with Crippen LogP contribution in [0.5, 0.6) is 28.7 Å². The van der Waals surface area contributed by atoms with E-state index in [0.717, 1.165) is 17.1 Å². The summed E-state index contributed by atoms with van der Waals surface area (Å²) in [4.78, 5) is 0. The summed E-state index contributed by atoms with van der Waals surface area (Å²) in [5.41, 5.74) is 3.83. The summed E-state index contributed by atoms with van der Waals surface area (Å²) in [5, 5.41) is 9.35. The van der Waals surface area contributed by atoms with Gasteiger partial charge in [0.2, 0.25) is 0 Å². The Labute approximate surface area is 183 Å². The van der Waals surface area contributed by atoms with Gasteiger partial charge in [-0.25, -0.2) is 0 Å². The molecule has 3 nitrogen and oxygen atoms in total. The van der Waals surface area contributed by atoms with E-state index in [1.807, 2.05) is 36.4 Å². The van der Waals surface area contributed by atoms with Gasteiger partial charge in [-0.05, 0) is 82.8 Å². The Morgan fingerprint density at radius 2 is 0.806 bits per heavy atom. The highest BCUT2D eigenvalue weighted by atomic mass is 16.5. The molecule has 0 aliphatic heterocycles. The van der Waals surface area contributed by atoms with Gasteiger partial charge >= 0.3 is 0 Å². The van der Waals surface area contributed by atoms with E-state index in [1.54, 1.807) is 24.3 Å². The number of phenolic OH excluding ortho intramolecular Hbond substituents is 1. The second-order valence-electron chi connectivity index (χ2n) is 8.52. The Balaban J connectivity index is 1.40. The van der Waals surface area contributed by atoms with Crippen molar-refractivity contribution in [3.8, 4) is 39.9 Å². The lowest BCUT2D eigenvalue weighted by Gasteiger charge is -2.19.